The van der Waals surface area contributed by atoms with Gasteiger partial charge in [0.05, 0.1) is 4.88 Å². The first kappa shape index (κ1) is 20.6. The van der Waals surface area contributed by atoms with E-state index in [2.05, 4.69) is 17.6 Å². The first-order chi connectivity index (χ1) is 11.5. The molecule has 6 nitrogen and oxygen atoms in total. The Balaban J connectivity index is 0.00000225. The average Bonchev–Trinajstić information content (AvgIpc) is 3.25. The molecule has 1 atom stereocenters. The normalized spacial score (nSPS) is 22.5. The number of carbonyl (C=O) groups is 1. The minimum absolute atomic E-state index is 0. The highest BCUT2D eigenvalue weighted by molar-refractivity contribution is 7.91. The van der Waals surface area contributed by atoms with Crippen LogP contribution in [0.5, 0.6) is 0 Å². The fourth-order valence-corrected chi connectivity index (χ4v) is 6.01. The van der Waals surface area contributed by atoms with Crippen LogP contribution in [0.15, 0.2) is 16.3 Å². The van der Waals surface area contributed by atoms with Crippen molar-refractivity contribution in [1.29, 1.82) is 0 Å². The molecule has 9 heteroatoms. The minimum atomic E-state index is -3.47. The molecular weight excluding hydrogens is 382 g/mol. The predicted octanol–water partition coefficient (Wildman–Crippen LogP) is 2.07. The van der Waals surface area contributed by atoms with Gasteiger partial charge in [0.2, 0.25) is 0 Å². The maximum atomic E-state index is 12.7. The molecule has 0 aromatic carbocycles. The van der Waals surface area contributed by atoms with E-state index in [-0.39, 0.29) is 22.5 Å². The van der Waals surface area contributed by atoms with Crippen molar-refractivity contribution in [3.8, 4) is 0 Å². The minimum Gasteiger partial charge on any atom is -0.350 e. The summed E-state index contributed by atoms with van der Waals surface area (Å²) < 4.78 is 27.2. The van der Waals surface area contributed by atoms with Gasteiger partial charge in [-0.2, -0.15) is 4.31 Å². The van der Waals surface area contributed by atoms with Gasteiger partial charge in [-0.1, -0.05) is 6.92 Å². The zero-order chi connectivity index (χ0) is 17.2. The van der Waals surface area contributed by atoms with Crippen molar-refractivity contribution >= 4 is 39.7 Å². The summed E-state index contributed by atoms with van der Waals surface area (Å²) in [5, 5.41) is 6.22. The van der Waals surface area contributed by atoms with Crippen LogP contribution in [0.4, 0.5) is 0 Å². The van der Waals surface area contributed by atoms with Crippen molar-refractivity contribution in [2.24, 2.45) is 5.92 Å². The number of rotatable bonds is 5. The summed E-state index contributed by atoms with van der Waals surface area (Å²) in [4.78, 5) is 12.7. The highest BCUT2D eigenvalue weighted by Gasteiger charge is 2.30. The van der Waals surface area contributed by atoms with Crippen LogP contribution in [0, 0.1) is 5.92 Å². The molecule has 1 amide bonds. The number of thiophene rings is 1. The van der Waals surface area contributed by atoms with E-state index in [9.17, 15) is 13.2 Å². The second kappa shape index (κ2) is 8.81. The van der Waals surface area contributed by atoms with Crippen LogP contribution in [0.3, 0.4) is 0 Å². The van der Waals surface area contributed by atoms with Crippen LogP contribution in [0.1, 0.15) is 42.3 Å². The molecule has 3 heterocycles. The predicted molar refractivity (Wildman–Crippen MR) is 102 cm³/mol. The van der Waals surface area contributed by atoms with Crippen molar-refractivity contribution in [3.63, 3.8) is 0 Å². The van der Waals surface area contributed by atoms with Gasteiger partial charge in [0.25, 0.3) is 15.9 Å². The zero-order valence-corrected chi connectivity index (χ0v) is 16.8. The molecular formula is C16H26ClN3O3S2. The SMILES string of the molecule is CC1CCN(S(=O)(=O)c2ccc(C(=O)NCC3CCCN3)s2)CC1.Cl. The summed E-state index contributed by atoms with van der Waals surface area (Å²) in [7, 11) is -3.47. The maximum absolute atomic E-state index is 12.7. The molecule has 3 rings (SSSR count). The Hall–Kier alpha value is -0.670. The number of amides is 1. The quantitative estimate of drug-likeness (QED) is 0.783. The van der Waals surface area contributed by atoms with Crippen LogP contribution in [0.25, 0.3) is 0 Å². The van der Waals surface area contributed by atoms with Crippen molar-refractivity contribution in [1.82, 2.24) is 14.9 Å². The Bertz CT molecular complexity index is 679. The third-order valence-electron chi connectivity index (χ3n) is 4.81. The molecule has 2 aliphatic heterocycles. The molecule has 2 fully saturated rings. The fraction of sp³-hybridized carbons (Fsp3) is 0.688. The fourth-order valence-electron chi connectivity index (χ4n) is 3.17. The highest BCUT2D eigenvalue weighted by Crippen LogP contribution is 2.28. The van der Waals surface area contributed by atoms with E-state index in [4.69, 9.17) is 0 Å². The van der Waals surface area contributed by atoms with Gasteiger partial charge in [-0.25, -0.2) is 8.42 Å². The average molecular weight is 408 g/mol. The molecule has 2 N–H and O–H groups in total. The lowest BCUT2D eigenvalue weighted by Gasteiger charge is -2.28. The zero-order valence-electron chi connectivity index (χ0n) is 14.4. The highest BCUT2D eigenvalue weighted by atomic mass is 35.5. The van der Waals surface area contributed by atoms with Crippen LogP contribution >= 0.6 is 23.7 Å². The summed E-state index contributed by atoms with van der Waals surface area (Å²) in [5.74, 6) is 0.382. The van der Waals surface area contributed by atoms with E-state index < -0.39 is 10.0 Å². The van der Waals surface area contributed by atoms with E-state index in [1.165, 1.54) is 0 Å². The number of hydrogen-bond donors (Lipinski definition) is 2. The molecule has 1 unspecified atom stereocenters. The Morgan fingerprint density at radius 1 is 1.32 bits per heavy atom. The smallest absolute Gasteiger partial charge is 0.261 e. The van der Waals surface area contributed by atoms with E-state index in [1.807, 2.05) is 0 Å². The molecule has 2 saturated heterocycles. The second-order valence-electron chi connectivity index (χ2n) is 6.71. The molecule has 0 aliphatic carbocycles. The van der Waals surface area contributed by atoms with Crippen LogP contribution < -0.4 is 10.6 Å². The van der Waals surface area contributed by atoms with E-state index in [1.54, 1.807) is 16.4 Å². The third kappa shape index (κ3) is 4.95. The monoisotopic (exact) mass is 407 g/mol. The van der Waals surface area contributed by atoms with Crippen molar-refractivity contribution in [2.45, 2.75) is 42.9 Å². The first-order valence-corrected chi connectivity index (χ1v) is 10.8. The van der Waals surface area contributed by atoms with Gasteiger partial charge in [0.1, 0.15) is 4.21 Å². The summed E-state index contributed by atoms with van der Waals surface area (Å²) >= 11 is 1.06. The van der Waals surface area contributed by atoms with Gasteiger partial charge in [-0.15, -0.1) is 23.7 Å². The molecule has 0 spiro atoms. The number of sulfonamides is 1. The second-order valence-corrected chi connectivity index (χ2v) is 9.96. The summed E-state index contributed by atoms with van der Waals surface area (Å²) in [6.45, 7) is 4.86. The number of nitrogens with zero attached hydrogens (tertiary/aromatic N) is 1. The number of nitrogens with one attached hydrogen (secondary N) is 2. The van der Waals surface area contributed by atoms with Crippen molar-refractivity contribution in [2.75, 3.05) is 26.2 Å². The molecule has 25 heavy (non-hydrogen) atoms. The number of halogens is 1. The summed E-state index contributed by atoms with van der Waals surface area (Å²) in [6, 6.07) is 3.50. The third-order valence-corrected chi connectivity index (χ3v) is 8.26. The first-order valence-electron chi connectivity index (χ1n) is 8.58. The Morgan fingerprint density at radius 3 is 2.68 bits per heavy atom. The van der Waals surface area contributed by atoms with Crippen molar-refractivity contribution in [3.05, 3.63) is 17.0 Å². The Kier molecular flexibility index (Phi) is 7.28. The lowest BCUT2D eigenvalue weighted by atomic mass is 10.0. The van der Waals surface area contributed by atoms with Gasteiger partial charge in [-0.3, -0.25) is 4.79 Å². The summed E-state index contributed by atoms with van der Waals surface area (Å²) in [6.07, 6.45) is 3.99. The van der Waals surface area contributed by atoms with Gasteiger partial charge in [-0.05, 0) is 50.3 Å². The molecule has 0 radical (unpaired) electrons. The van der Waals surface area contributed by atoms with Gasteiger partial charge in [0.15, 0.2) is 0 Å². The van der Waals surface area contributed by atoms with E-state index in [0.717, 1.165) is 43.6 Å². The Morgan fingerprint density at radius 2 is 2.04 bits per heavy atom. The van der Waals surface area contributed by atoms with Gasteiger partial charge < -0.3 is 10.6 Å². The molecule has 142 valence electrons. The number of hydrogen-bond acceptors (Lipinski definition) is 5. The topological polar surface area (TPSA) is 78.5 Å². The molecule has 1 aromatic heterocycles. The van der Waals surface area contributed by atoms with Gasteiger partial charge in [0, 0.05) is 25.7 Å². The van der Waals surface area contributed by atoms with Crippen LogP contribution in [0.2, 0.25) is 0 Å². The lowest BCUT2D eigenvalue weighted by Crippen LogP contribution is -2.37. The largest absolute Gasteiger partial charge is 0.350 e. The molecule has 2 aliphatic rings. The summed E-state index contributed by atoms with van der Waals surface area (Å²) in [5.41, 5.74) is 0. The van der Waals surface area contributed by atoms with E-state index >= 15 is 0 Å². The lowest BCUT2D eigenvalue weighted by molar-refractivity contribution is 0.0954. The van der Waals surface area contributed by atoms with Crippen LogP contribution in [-0.2, 0) is 10.0 Å². The van der Waals surface area contributed by atoms with Crippen LogP contribution in [-0.4, -0.2) is 50.9 Å². The van der Waals surface area contributed by atoms with Crippen molar-refractivity contribution < 1.29 is 13.2 Å². The van der Waals surface area contributed by atoms with E-state index in [0.29, 0.717) is 36.5 Å². The standard InChI is InChI=1S/C16H25N3O3S2.ClH/c1-12-6-9-19(10-7-12)24(21,22)15-5-4-14(23-15)16(20)18-11-13-3-2-8-17-13;/h4-5,12-13,17H,2-3,6-11H2,1H3,(H,18,20);1H. The van der Waals surface area contributed by atoms with Gasteiger partial charge >= 0.3 is 0 Å². The molecule has 0 saturated carbocycles. The molecule has 0 bridgehead atoms. The maximum Gasteiger partial charge on any atom is 0.261 e. The Labute approximate surface area is 159 Å². The molecule has 1 aromatic rings. The number of piperidine rings is 1. The number of carbonyl (C=O) groups excluding carboxylic acids is 1.